The summed E-state index contributed by atoms with van der Waals surface area (Å²) in [5.41, 5.74) is 0.822. The molecule has 0 spiro atoms. The van der Waals surface area contributed by atoms with Gasteiger partial charge in [0.15, 0.2) is 5.13 Å². The zero-order valence-corrected chi connectivity index (χ0v) is 15.7. The fourth-order valence-electron chi connectivity index (χ4n) is 1.86. The van der Waals surface area contributed by atoms with Crippen molar-refractivity contribution in [1.82, 2.24) is 4.98 Å². The standard InChI is InChI=1S/C14H16BrCl2N3S/c1-3-20(4-2)14-19-8-9(21-14)7-18-11-6-5-10(15)12(16)13(11)17/h5-6,8,18H,3-4,7H2,1-2H3. The molecule has 2 rings (SSSR count). The first kappa shape index (κ1) is 16.9. The molecule has 0 amide bonds. The van der Waals surface area contributed by atoms with Gasteiger partial charge in [0.2, 0.25) is 0 Å². The molecule has 2 aromatic rings. The maximum Gasteiger partial charge on any atom is 0.185 e. The highest BCUT2D eigenvalue weighted by atomic mass is 79.9. The molecule has 0 unspecified atom stereocenters. The van der Waals surface area contributed by atoms with E-state index in [1.165, 1.54) is 0 Å². The molecule has 0 saturated carbocycles. The van der Waals surface area contributed by atoms with Crippen molar-refractivity contribution in [1.29, 1.82) is 0 Å². The minimum absolute atomic E-state index is 0.523. The third-order valence-electron chi connectivity index (χ3n) is 3.06. The van der Waals surface area contributed by atoms with Gasteiger partial charge in [-0.2, -0.15) is 0 Å². The minimum atomic E-state index is 0.523. The smallest absolute Gasteiger partial charge is 0.185 e. The molecule has 0 aliphatic rings. The van der Waals surface area contributed by atoms with Gasteiger partial charge in [-0.1, -0.05) is 23.2 Å². The van der Waals surface area contributed by atoms with Crippen molar-refractivity contribution in [3.05, 3.63) is 37.7 Å². The van der Waals surface area contributed by atoms with Gasteiger partial charge in [-0.3, -0.25) is 0 Å². The molecule has 0 fully saturated rings. The predicted molar refractivity (Wildman–Crippen MR) is 97.2 cm³/mol. The number of nitrogens with one attached hydrogen (secondary N) is 1. The average Bonchev–Trinajstić information content (AvgIpc) is 2.94. The normalized spacial score (nSPS) is 10.7. The van der Waals surface area contributed by atoms with Crippen LogP contribution < -0.4 is 10.2 Å². The van der Waals surface area contributed by atoms with Gasteiger partial charge in [-0.15, -0.1) is 11.3 Å². The van der Waals surface area contributed by atoms with Crippen molar-refractivity contribution in [2.45, 2.75) is 20.4 Å². The van der Waals surface area contributed by atoms with Gasteiger partial charge in [0.25, 0.3) is 0 Å². The number of halogens is 3. The second-order valence-electron chi connectivity index (χ2n) is 4.36. The van der Waals surface area contributed by atoms with Gasteiger partial charge in [0, 0.05) is 28.6 Å². The van der Waals surface area contributed by atoms with Gasteiger partial charge in [-0.05, 0) is 41.9 Å². The molecule has 0 aliphatic heterocycles. The van der Waals surface area contributed by atoms with Gasteiger partial charge in [0.1, 0.15) is 0 Å². The van der Waals surface area contributed by atoms with E-state index in [2.05, 4.69) is 45.0 Å². The first-order valence-electron chi connectivity index (χ1n) is 6.63. The maximum atomic E-state index is 6.22. The summed E-state index contributed by atoms with van der Waals surface area (Å²) in [5.74, 6) is 0. The lowest BCUT2D eigenvalue weighted by atomic mass is 10.3. The highest BCUT2D eigenvalue weighted by Crippen LogP contribution is 2.36. The van der Waals surface area contributed by atoms with Crippen molar-refractivity contribution < 1.29 is 0 Å². The molecule has 3 nitrogen and oxygen atoms in total. The van der Waals surface area contributed by atoms with Crippen LogP contribution >= 0.6 is 50.5 Å². The largest absolute Gasteiger partial charge is 0.379 e. The molecule has 1 N–H and O–H groups in total. The van der Waals surface area contributed by atoms with Crippen molar-refractivity contribution in [3.8, 4) is 0 Å². The van der Waals surface area contributed by atoms with E-state index in [1.54, 1.807) is 11.3 Å². The quantitative estimate of drug-likeness (QED) is 0.624. The lowest BCUT2D eigenvalue weighted by molar-refractivity contribution is 0.860. The predicted octanol–water partition coefficient (Wildman–Crippen LogP) is 5.67. The summed E-state index contributed by atoms with van der Waals surface area (Å²) in [7, 11) is 0. The number of thiazole rings is 1. The van der Waals surface area contributed by atoms with Crippen LogP contribution in [0.2, 0.25) is 10.0 Å². The molecule has 1 aromatic heterocycles. The van der Waals surface area contributed by atoms with Gasteiger partial charge in [-0.25, -0.2) is 4.98 Å². The van der Waals surface area contributed by atoms with Crippen molar-refractivity contribution in [2.75, 3.05) is 23.3 Å². The Balaban J connectivity index is 2.05. The third-order valence-corrected chi connectivity index (χ3v) is 5.89. The van der Waals surface area contributed by atoms with E-state index in [9.17, 15) is 0 Å². The zero-order valence-electron chi connectivity index (χ0n) is 11.8. The van der Waals surface area contributed by atoms with Crippen LogP contribution in [0.5, 0.6) is 0 Å². The Bertz CT molecular complexity index is 614. The number of hydrogen-bond donors (Lipinski definition) is 1. The summed E-state index contributed by atoms with van der Waals surface area (Å²) in [4.78, 5) is 7.86. The highest BCUT2D eigenvalue weighted by Gasteiger charge is 2.10. The van der Waals surface area contributed by atoms with E-state index in [0.29, 0.717) is 16.6 Å². The van der Waals surface area contributed by atoms with Gasteiger partial charge < -0.3 is 10.2 Å². The fourth-order valence-corrected chi connectivity index (χ4v) is 3.68. The Labute approximate surface area is 147 Å². The van der Waals surface area contributed by atoms with E-state index >= 15 is 0 Å². The number of rotatable bonds is 6. The summed E-state index contributed by atoms with van der Waals surface area (Å²) in [6.45, 7) is 6.87. The Hall–Kier alpha value is -0.490. The fraction of sp³-hybridized carbons (Fsp3) is 0.357. The van der Waals surface area contributed by atoms with E-state index in [1.807, 2.05) is 18.3 Å². The molecular weight excluding hydrogens is 393 g/mol. The molecule has 0 aliphatic carbocycles. The Morgan fingerprint density at radius 2 is 1.95 bits per heavy atom. The summed E-state index contributed by atoms with van der Waals surface area (Å²) in [6, 6.07) is 3.79. The lowest BCUT2D eigenvalue weighted by Crippen LogP contribution is -2.21. The molecule has 0 saturated heterocycles. The molecule has 21 heavy (non-hydrogen) atoms. The van der Waals surface area contributed by atoms with Crippen LogP contribution in [0, 0.1) is 0 Å². The molecule has 1 heterocycles. The van der Waals surface area contributed by atoms with Crippen LogP contribution in [0.1, 0.15) is 18.7 Å². The number of benzene rings is 1. The Morgan fingerprint density at radius 3 is 2.62 bits per heavy atom. The number of aromatic nitrogens is 1. The Kier molecular flexibility index (Phi) is 6.17. The van der Waals surface area contributed by atoms with E-state index < -0.39 is 0 Å². The number of nitrogens with zero attached hydrogens (tertiary/aromatic N) is 2. The Morgan fingerprint density at radius 1 is 1.24 bits per heavy atom. The van der Waals surface area contributed by atoms with E-state index in [0.717, 1.165) is 33.3 Å². The SMILES string of the molecule is CCN(CC)c1ncc(CNc2ccc(Br)c(Cl)c2Cl)s1. The van der Waals surface area contributed by atoms with E-state index in [-0.39, 0.29) is 0 Å². The molecule has 7 heteroatoms. The minimum Gasteiger partial charge on any atom is -0.379 e. The summed E-state index contributed by atoms with van der Waals surface area (Å²) < 4.78 is 0.793. The molecular formula is C14H16BrCl2N3S. The van der Waals surface area contributed by atoms with Crippen LogP contribution in [-0.4, -0.2) is 18.1 Å². The second kappa shape index (κ2) is 7.68. The van der Waals surface area contributed by atoms with Crippen molar-refractivity contribution in [3.63, 3.8) is 0 Å². The average molecular weight is 409 g/mol. The number of hydrogen-bond acceptors (Lipinski definition) is 4. The first-order chi connectivity index (χ1) is 10.1. The van der Waals surface area contributed by atoms with Crippen molar-refractivity contribution >= 4 is 61.3 Å². The second-order valence-corrected chi connectivity index (χ2v) is 7.06. The molecule has 1 aromatic carbocycles. The third kappa shape index (κ3) is 4.03. The molecule has 0 bridgehead atoms. The topological polar surface area (TPSA) is 28.2 Å². The zero-order chi connectivity index (χ0) is 15.4. The summed E-state index contributed by atoms with van der Waals surface area (Å²) in [6.07, 6.45) is 1.90. The molecule has 0 radical (unpaired) electrons. The van der Waals surface area contributed by atoms with Crippen LogP contribution in [-0.2, 0) is 6.54 Å². The van der Waals surface area contributed by atoms with Crippen LogP contribution in [0.4, 0.5) is 10.8 Å². The van der Waals surface area contributed by atoms with E-state index in [4.69, 9.17) is 23.2 Å². The summed E-state index contributed by atoms with van der Waals surface area (Å²) >= 11 is 17.4. The van der Waals surface area contributed by atoms with Gasteiger partial charge in [0.05, 0.1) is 22.3 Å². The van der Waals surface area contributed by atoms with Crippen LogP contribution in [0.3, 0.4) is 0 Å². The lowest BCUT2D eigenvalue weighted by Gasteiger charge is -2.16. The number of anilines is 2. The molecule has 0 atom stereocenters. The highest BCUT2D eigenvalue weighted by molar-refractivity contribution is 9.10. The van der Waals surface area contributed by atoms with Gasteiger partial charge >= 0.3 is 0 Å². The van der Waals surface area contributed by atoms with Crippen LogP contribution in [0.15, 0.2) is 22.8 Å². The molecule has 114 valence electrons. The monoisotopic (exact) mass is 407 g/mol. The summed E-state index contributed by atoms with van der Waals surface area (Å²) in [5, 5.41) is 5.40. The maximum absolute atomic E-state index is 6.22. The van der Waals surface area contributed by atoms with Crippen LogP contribution in [0.25, 0.3) is 0 Å². The first-order valence-corrected chi connectivity index (χ1v) is 9.00. The van der Waals surface area contributed by atoms with Crippen molar-refractivity contribution in [2.24, 2.45) is 0 Å².